The first-order valence-electron chi connectivity index (χ1n) is 10.4. The Bertz CT molecular complexity index is 1070. The summed E-state index contributed by atoms with van der Waals surface area (Å²) in [4.78, 5) is 26.0. The summed E-state index contributed by atoms with van der Waals surface area (Å²) in [7, 11) is 3.08. The van der Waals surface area contributed by atoms with E-state index in [9.17, 15) is 14.9 Å². The van der Waals surface area contributed by atoms with E-state index in [-0.39, 0.29) is 0 Å². The van der Waals surface area contributed by atoms with Crippen LogP contribution in [0.5, 0.6) is 11.5 Å². The molecule has 168 valence electrons. The monoisotopic (exact) mass is 454 g/mol. The van der Waals surface area contributed by atoms with E-state index in [1.165, 1.54) is 31.4 Å². The van der Waals surface area contributed by atoms with Gasteiger partial charge in [-0.15, -0.1) is 11.3 Å². The van der Waals surface area contributed by atoms with E-state index in [4.69, 9.17) is 14.2 Å². The summed E-state index contributed by atoms with van der Waals surface area (Å²) in [5.41, 5.74) is 2.25. The Balaban J connectivity index is 1.63. The van der Waals surface area contributed by atoms with Crippen LogP contribution in [0.1, 0.15) is 47.8 Å². The fourth-order valence-electron chi connectivity index (χ4n) is 3.54. The quantitative estimate of drug-likeness (QED) is 0.376. The average Bonchev–Trinajstić information content (AvgIpc) is 2.95. The summed E-state index contributed by atoms with van der Waals surface area (Å²) >= 11 is 1.45. The van der Waals surface area contributed by atoms with E-state index in [0.29, 0.717) is 27.6 Å². The molecule has 1 aliphatic carbocycles. The predicted octanol–water partition coefficient (Wildman–Crippen LogP) is 4.49. The highest BCUT2D eigenvalue weighted by Crippen LogP contribution is 2.37. The van der Waals surface area contributed by atoms with Crippen LogP contribution in [0.25, 0.3) is 6.08 Å². The maximum absolute atomic E-state index is 12.6. The molecule has 0 spiro atoms. The number of carbonyl (C=O) groups excluding carboxylic acids is 2. The molecule has 1 aliphatic rings. The number of fused-ring (bicyclic) bond motifs is 1. The lowest BCUT2D eigenvalue weighted by Gasteiger charge is -2.12. The Morgan fingerprint density at radius 1 is 1.19 bits per heavy atom. The number of hydrogen-bond donors (Lipinski definition) is 1. The molecule has 7 nitrogen and oxygen atoms in total. The highest BCUT2D eigenvalue weighted by molar-refractivity contribution is 7.16. The van der Waals surface area contributed by atoms with Crippen LogP contribution in [0, 0.1) is 11.3 Å². The highest BCUT2D eigenvalue weighted by Gasteiger charge is 2.23. The molecule has 0 fully saturated rings. The molecule has 8 heteroatoms. The first-order valence-corrected chi connectivity index (χ1v) is 11.2. The minimum atomic E-state index is -1.02. The van der Waals surface area contributed by atoms with Crippen molar-refractivity contribution in [3.63, 3.8) is 0 Å². The van der Waals surface area contributed by atoms with Crippen LogP contribution in [-0.4, -0.2) is 32.2 Å². The highest BCUT2D eigenvalue weighted by atomic mass is 32.1. The van der Waals surface area contributed by atoms with Crippen LogP contribution < -0.4 is 14.8 Å². The third kappa shape index (κ3) is 5.48. The van der Waals surface area contributed by atoms with Gasteiger partial charge in [-0.1, -0.05) is 6.42 Å². The van der Waals surface area contributed by atoms with Crippen LogP contribution in [0.4, 0.5) is 5.00 Å². The van der Waals surface area contributed by atoms with E-state index in [1.807, 2.05) is 0 Å². The summed E-state index contributed by atoms with van der Waals surface area (Å²) in [6.07, 6.45) is 6.84. The zero-order chi connectivity index (χ0) is 23.1. The molecule has 1 aromatic heterocycles. The molecule has 2 aromatic rings. The lowest BCUT2D eigenvalue weighted by Crippen LogP contribution is -2.29. The third-order valence-corrected chi connectivity index (χ3v) is 6.48. The summed E-state index contributed by atoms with van der Waals surface area (Å²) in [6.45, 7) is 1.50. The maximum atomic E-state index is 12.6. The molecule has 1 heterocycles. The Hall–Kier alpha value is -3.31. The van der Waals surface area contributed by atoms with Crippen LogP contribution >= 0.6 is 11.3 Å². The van der Waals surface area contributed by atoms with Gasteiger partial charge in [-0.2, -0.15) is 5.26 Å². The first-order chi connectivity index (χ1) is 15.5. The SMILES string of the molecule is COc1ccc(/C=C/C(=O)OC(C)C(=O)Nc2sc3c(c2C#N)CCCCC3)c(OC)c1. The Morgan fingerprint density at radius 3 is 2.69 bits per heavy atom. The molecule has 0 saturated carbocycles. The molecule has 0 saturated heterocycles. The standard InChI is InChI=1S/C24H26N2O5S/c1-15(31-22(27)12-10-16-9-11-17(29-2)13-20(16)30-3)23(28)26-24-19(14-25)18-7-5-4-6-8-21(18)32-24/h9-13,15H,4-8H2,1-3H3,(H,26,28)/b12-10+. The Kier molecular flexibility index (Phi) is 7.90. The zero-order valence-corrected chi connectivity index (χ0v) is 19.2. The maximum Gasteiger partial charge on any atom is 0.331 e. The second kappa shape index (κ2) is 10.8. The van der Waals surface area contributed by atoms with E-state index < -0.39 is 18.0 Å². The van der Waals surface area contributed by atoms with Crippen LogP contribution in [0.15, 0.2) is 24.3 Å². The molecule has 1 N–H and O–H groups in total. The molecule has 3 rings (SSSR count). The van der Waals surface area contributed by atoms with Gasteiger partial charge in [-0.05, 0) is 56.4 Å². The number of hydrogen-bond acceptors (Lipinski definition) is 7. The van der Waals surface area contributed by atoms with Crippen LogP contribution in [-0.2, 0) is 27.2 Å². The number of carbonyl (C=O) groups is 2. The van der Waals surface area contributed by atoms with E-state index in [1.54, 1.807) is 31.4 Å². The fourth-order valence-corrected chi connectivity index (χ4v) is 4.79. The Morgan fingerprint density at radius 2 is 1.97 bits per heavy atom. The van der Waals surface area contributed by atoms with E-state index in [2.05, 4.69) is 11.4 Å². The number of esters is 1. The van der Waals surface area contributed by atoms with Crippen molar-refractivity contribution in [2.75, 3.05) is 19.5 Å². The number of anilines is 1. The fraction of sp³-hybridized carbons (Fsp3) is 0.375. The van der Waals surface area contributed by atoms with Crippen molar-refractivity contribution in [2.24, 2.45) is 0 Å². The van der Waals surface area contributed by atoms with Crippen molar-refractivity contribution < 1.29 is 23.8 Å². The Labute approximate surface area is 191 Å². The number of methoxy groups -OCH3 is 2. The second-order valence-electron chi connectivity index (χ2n) is 7.39. The molecule has 1 amide bonds. The van der Waals surface area contributed by atoms with Crippen molar-refractivity contribution in [1.29, 1.82) is 5.26 Å². The largest absolute Gasteiger partial charge is 0.497 e. The van der Waals surface area contributed by atoms with E-state index in [0.717, 1.165) is 42.5 Å². The molecular formula is C24H26N2O5S. The molecule has 1 atom stereocenters. The topological polar surface area (TPSA) is 97.6 Å². The average molecular weight is 455 g/mol. The van der Waals surface area contributed by atoms with Crippen molar-refractivity contribution in [2.45, 2.75) is 45.1 Å². The van der Waals surface area contributed by atoms with Gasteiger partial charge in [0.2, 0.25) is 0 Å². The predicted molar refractivity (Wildman–Crippen MR) is 123 cm³/mol. The molecule has 0 bridgehead atoms. The molecular weight excluding hydrogens is 428 g/mol. The van der Waals surface area contributed by atoms with E-state index >= 15 is 0 Å². The van der Waals surface area contributed by atoms with Gasteiger partial charge in [0.1, 0.15) is 22.6 Å². The van der Waals surface area contributed by atoms with Crippen molar-refractivity contribution in [3.8, 4) is 17.6 Å². The second-order valence-corrected chi connectivity index (χ2v) is 8.50. The molecule has 1 unspecified atom stereocenters. The lowest BCUT2D eigenvalue weighted by molar-refractivity contribution is -0.148. The van der Waals surface area contributed by atoms with Gasteiger partial charge in [0, 0.05) is 22.6 Å². The molecule has 1 aromatic carbocycles. The zero-order valence-electron chi connectivity index (χ0n) is 18.4. The number of ether oxygens (including phenoxy) is 3. The summed E-state index contributed by atoms with van der Waals surface area (Å²) in [6, 6.07) is 7.44. The number of rotatable bonds is 7. The van der Waals surface area contributed by atoms with Crippen molar-refractivity contribution >= 4 is 34.3 Å². The number of amides is 1. The van der Waals surface area contributed by atoms with Gasteiger partial charge in [-0.3, -0.25) is 4.79 Å². The van der Waals surface area contributed by atoms with Gasteiger partial charge in [0.15, 0.2) is 6.10 Å². The van der Waals surface area contributed by atoms with Crippen LogP contribution in [0.2, 0.25) is 0 Å². The minimum Gasteiger partial charge on any atom is -0.497 e. The molecule has 32 heavy (non-hydrogen) atoms. The normalized spacial score (nSPS) is 14.1. The number of benzene rings is 1. The van der Waals surface area contributed by atoms with Crippen LogP contribution in [0.3, 0.4) is 0 Å². The summed E-state index contributed by atoms with van der Waals surface area (Å²) in [5, 5.41) is 12.9. The number of nitrogens with one attached hydrogen (secondary N) is 1. The number of nitrogens with zero attached hydrogens (tertiary/aromatic N) is 1. The smallest absolute Gasteiger partial charge is 0.331 e. The van der Waals surface area contributed by atoms with Gasteiger partial charge >= 0.3 is 5.97 Å². The summed E-state index contributed by atoms with van der Waals surface area (Å²) < 4.78 is 15.7. The van der Waals surface area contributed by atoms with Gasteiger partial charge in [-0.25, -0.2) is 4.79 Å². The van der Waals surface area contributed by atoms with Crippen molar-refractivity contribution in [1.82, 2.24) is 0 Å². The van der Waals surface area contributed by atoms with Gasteiger partial charge in [0.05, 0.1) is 19.8 Å². The molecule has 0 aliphatic heterocycles. The number of thiophene rings is 1. The van der Waals surface area contributed by atoms with Gasteiger partial charge < -0.3 is 19.5 Å². The van der Waals surface area contributed by atoms with Crippen molar-refractivity contribution in [3.05, 3.63) is 45.8 Å². The summed E-state index contributed by atoms with van der Waals surface area (Å²) in [5.74, 6) is 0.0462. The number of nitriles is 1. The van der Waals surface area contributed by atoms with Gasteiger partial charge in [0.25, 0.3) is 5.91 Å². The lowest BCUT2D eigenvalue weighted by atomic mass is 10.1. The first kappa shape index (κ1) is 23.4. The minimum absolute atomic E-state index is 0.471. The number of aryl methyl sites for hydroxylation is 1. The molecule has 0 radical (unpaired) electrons. The third-order valence-electron chi connectivity index (χ3n) is 5.27.